The molecule has 1 aliphatic rings. The van der Waals surface area contributed by atoms with Crippen molar-refractivity contribution in [1.82, 2.24) is 10.6 Å². The Balaban J connectivity index is 2.08. The van der Waals surface area contributed by atoms with Crippen molar-refractivity contribution >= 4 is 5.91 Å². The summed E-state index contributed by atoms with van der Waals surface area (Å²) in [6.07, 6.45) is 1.04. The van der Waals surface area contributed by atoms with Gasteiger partial charge in [0, 0.05) is 19.6 Å². The Kier molecular flexibility index (Phi) is 3.31. The molecule has 1 aliphatic heterocycles. The van der Waals surface area contributed by atoms with Crippen molar-refractivity contribution in [3.05, 3.63) is 0 Å². The molecule has 3 nitrogen and oxygen atoms in total. The second-order valence-corrected chi connectivity index (χ2v) is 4.96. The summed E-state index contributed by atoms with van der Waals surface area (Å²) in [6, 6.07) is 0. The molecule has 0 aromatic heterocycles. The first-order valence-corrected chi connectivity index (χ1v) is 4.97. The van der Waals surface area contributed by atoms with Gasteiger partial charge in [-0.05, 0) is 11.8 Å². The Morgan fingerprint density at radius 1 is 1.46 bits per heavy atom. The van der Waals surface area contributed by atoms with Crippen LogP contribution in [0.5, 0.6) is 0 Å². The van der Waals surface area contributed by atoms with Crippen LogP contribution < -0.4 is 10.6 Å². The van der Waals surface area contributed by atoms with Gasteiger partial charge in [-0.15, -0.1) is 0 Å². The van der Waals surface area contributed by atoms with E-state index in [0.717, 1.165) is 26.1 Å². The van der Waals surface area contributed by atoms with Crippen LogP contribution in [0.1, 0.15) is 27.2 Å². The molecule has 1 saturated heterocycles. The molecular weight excluding hydrogens is 164 g/mol. The molecule has 0 aliphatic carbocycles. The van der Waals surface area contributed by atoms with E-state index >= 15 is 0 Å². The summed E-state index contributed by atoms with van der Waals surface area (Å²) < 4.78 is 0. The van der Waals surface area contributed by atoms with E-state index < -0.39 is 0 Å². The van der Waals surface area contributed by atoms with Crippen molar-refractivity contribution in [2.75, 3.05) is 19.6 Å². The van der Waals surface area contributed by atoms with Gasteiger partial charge in [-0.25, -0.2) is 0 Å². The minimum absolute atomic E-state index is 0.211. The molecule has 13 heavy (non-hydrogen) atoms. The average Bonchev–Trinajstić information content (AvgIpc) is 1.79. The number of amides is 1. The fraction of sp³-hybridized carbons (Fsp3) is 0.900. The van der Waals surface area contributed by atoms with Crippen molar-refractivity contribution < 1.29 is 4.79 Å². The van der Waals surface area contributed by atoms with E-state index in [1.54, 1.807) is 0 Å². The lowest BCUT2D eigenvalue weighted by Crippen LogP contribution is -2.51. The van der Waals surface area contributed by atoms with Crippen molar-refractivity contribution in [3.63, 3.8) is 0 Å². The molecule has 0 saturated carbocycles. The van der Waals surface area contributed by atoms with Crippen LogP contribution in [-0.4, -0.2) is 25.5 Å². The number of carbonyl (C=O) groups is 1. The van der Waals surface area contributed by atoms with E-state index in [9.17, 15) is 4.79 Å². The third-order valence-corrected chi connectivity index (χ3v) is 2.33. The fourth-order valence-electron chi connectivity index (χ4n) is 1.18. The van der Waals surface area contributed by atoms with Gasteiger partial charge < -0.3 is 10.6 Å². The zero-order chi connectivity index (χ0) is 9.90. The van der Waals surface area contributed by atoms with Gasteiger partial charge in [-0.2, -0.15) is 0 Å². The molecule has 1 amide bonds. The van der Waals surface area contributed by atoms with Gasteiger partial charge in [0.25, 0.3) is 0 Å². The summed E-state index contributed by atoms with van der Waals surface area (Å²) in [7, 11) is 0. The topological polar surface area (TPSA) is 41.1 Å². The molecule has 1 heterocycles. The molecule has 0 spiro atoms. The lowest BCUT2D eigenvalue weighted by molar-refractivity contribution is -0.126. The normalized spacial score (nSPS) is 18.1. The van der Waals surface area contributed by atoms with E-state index in [0.29, 0.717) is 5.41 Å². The third kappa shape index (κ3) is 3.77. The van der Waals surface area contributed by atoms with E-state index in [-0.39, 0.29) is 11.8 Å². The summed E-state index contributed by atoms with van der Waals surface area (Å²) >= 11 is 0. The Morgan fingerprint density at radius 2 is 2.08 bits per heavy atom. The summed E-state index contributed by atoms with van der Waals surface area (Å²) in [5.74, 6) is 0.433. The molecule has 0 atom stereocenters. The number of rotatable bonds is 3. The summed E-state index contributed by atoms with van der Waals surface area (Å²) in [4.78, 5) is 11.4. The Labute approximate surface area is 80.3 Å². The largest absolute Gasteiger partial charge is 0.356 e. The lowest BCUT2D eigenvalue weighted by Gasteiger charge is -2.26. The Bertz CT molecular complexity index is 180. The highest BCUT2D eigenvalue weighted by atomic mass is 16.2. The molecule has 1 fully saturated rings. The molecule has 0 aromatic carbocycles. The molecular formula is C10H20N2O. The molecule has 2 N–H and O–H groups in total. The SMILES string of the molecule is CC(C)(C)CCNC(=O)C1CNC1. The van der Waals surface area contributed by atoms with Crippen molar-refractivity contribution in [2.24, 2.45) is 11.3 Å². The van der Waals surface area contributed by atoms with Crippen LogP contribution >= 0.6 is 0 Å². The monoisotopic (exact) mass is 184 g/mol. The molecule has 0 radical (unpaired) electrons. The second-order valence-electron chi connectivity index (χ2n) is 4.96. The van der Waals surface area contributed by atoms with Crippen LogP contribution in [0.2, 0.25) is 0 Å². The molecule has 76 valence electrons. The van der Waals surface area contributed by atoms with Gasteiger partial charge in [0.1, 0.15) is 0 Å². The van der Waals surface area contributed by atoms with Gasteiger partial charge in [0.15, 0.2) is 0 Å². The molecule has 3 heteroatoms. The van der Waals surface area contributed by atoms with Crippen LogP contribution in [0.25, 0.3) is 0 Å². The summed E-state index contributed by atoms with van der Waals surface area (Å²) in [5.41, 5.74) is 0.311. The number of nitrogens with one attached hydrogen (secondary N) is 2. The zero-order valence-corrected chi connectivity index (χ0v) is 8.81. The van der Waals surface area contributed by atoms with Crippen molar-refractivity contribution in [3.8, 4) is 0 Å². The second kappa shape index (κ2) is 4.09. The van der Waals surface area contributed by atoms with E-state index in [1.165, 1.54) is 0 Å². The fourth-order valence-corrected chi connectivity index (χ4v) is 1.18. The zero-order valence-electron chi connectivity index (χ0n) is 8.81. The molecule has 0 unspecified atom stereocenters. The first kappa shape index (κ1) is 10.5. The first-order valence-electron chi connectivity index (χ1n) is 4.97. The predicted molar refractivity (Wildman–Crippen MR) is 53.4 cm³/mol. The smallest absolute Gasteiger partial charge is 0.225 e. The molecule has 0 bridgehead atoms. The van der Waals surface area contributed by atoms with Gasteiger partial charge in [0.05, 0.1) is 5.92 Å². The highest BCUT2D eigenvalue weighted by Gasteiger charge is 2.24. The Morgan fingerprint density at radius 3 is 2.46 bits per heavy atom. The average molecular weight is 184 g/mol. The quantitative estimate of drug-likeness (QED) is 0.680. The van der Waals surface area contributed by atoms with Gasteiger partial charge in [-0.1, -0.05) is 20.8 Å². The predicted octanol–water partition coefficient (Wildman–Crippen LogP) is 0.758. The van der Waals surface area contributed by atoms with E-state index in [1.807, 2.05) is 0 Å². The van der Waals surface area contributed by atoms with Gasteiger partial charge >= 0.3 is 0 Å². The summed E-state index contributed by atoms with van der Waals surface area (Å²) in [6.45, 7) is 9.06. The van der Waals surface area contributed by atoms with E-state index in [4.69, 9.17) is 0 Å². The van der Waals surface area contributed by atoms with E-state index in [2.05, 4.69) is 31.4 Å². The molecule has 0 aromatic rings. The highest BCUT2D eigenvalue weighted by molar-refractivity contribution is 5.79. The van der Waals surface area contributed by atoms with Crippen LogP contribution in [0, 0.1) is 11.3 Å². The molecule has 1 rings (SSSR count). The first-order chi connectivity index (χ1) is 5.99. The third-order valence-electron chi connectivity index (χ3n) is 2.33. The van der Waals surface area contributed by atoms with Crippen LogP contribution in [0.3, 0.4) is 0 Å². The maximum absolute atomic E-state index is 11.4. The maximum atomic E-state index is 11.4. The minimum Gasteiger partial charge on any atom is -0.356 e. The summed E-state index contributed by atoms with van der Waals surface area (Å²) in [5, 5.41) is 6.05. The highest BCUT2D eigenvalue weighted by Crippen LogP contribution is 2.17. The van der Waals surface area contributed by atoms with Crippen LogP contribution in [-0.2, 0) is 4.79 Å². The van der Waals surface area contributed by atoms with Crippen LogP contribution in [0.4, 0.5) is 0 Å². The van der Waals surface area contributed by atoms with Crippen LogP contribution in [0.15, 0.2) is 0 Å². The lowest BCUT2D eigenvalue weighted by atomic mass is 9.92. The van der Waals surface area contributed by atoms with Crippen molar-refractivity contribution in [2.45, 2.75) is 27.2 Å². The maximum Gasteiger partial charge on any atom is 0.225 e. The van der Waals surface area contributed by atoms with Gasteiger partial charge in [0.2, 0.25) is 5.91 Å². The Hall–Kier alpha value is -0.570. The number of hydrogen-bond acceptors (Lipinski definition) is 2. The standard InChI is InChI=1S/C10H20N2O/c1-10(2,3)4-5-12-9(13)8-6-11-7-8/h8,11H,4-7H2,1-3H3,(H,12,13). The number of carbonyl (C=O) groups excluding carboxylic acids is 1. The minimum atomic E-state index is 0.211. The number of hydrogen-bond donors (Lipinski definition) is 2. The van der Waals surface area contributed by atoms with Crippen molar-refractivity contribution in [1.29, 1.82) is 0 Å². The van der Waals surface area contributed by atoms with Gasteiger partial charge in [-0.3, -0.25) is 4.79 Å².